The van der Waals surface area contributed by atoms with Crippen LogP contribution in [0.1, 0.15) is 28.4 Å². The smallest absolute Gasteiger partial charge is 0.338 e. The number of ether oxygens (including phenoxy) is 2. The van der Waals surface area contributed by atoms with Gasteiger partial charge in [0, 0.05) is 0 Å². The summed E-state index contributed by atoms with van der Waals surface area (Å²) in [6.45, 7) is 5.80. The molecule has 0 radical (unpaired) electrons. The van der Waals surface area contributed by atoms with Gasteiger partial charge in [-0.15, -0.1) is 0 Å². The molecule has 1 amide bonds. The highest BCUT2D eigenvalue weighted by atomic mass is 35.5. The Labute approximate surface area is 151 Å². The fourth-order valence-corrected chi connectivity index (χ4v) is 2.69. The van der Waals surface area contributed by atoms with Crippen LogP contribution in [0.3, 0.4) is 0 Å². The molecule has 132 valence electrons. The summed E-state index contributed by atoms with van der Waals surface area (Å²) in [4.78, 5) is 24.0. The Hall–Kier alpha value is -2.53. The first-order chi connectivity index (χ1) is 11.9. The quantitative estimate of drug-likeness (QED) is 0.785. The molecule has 0 aliphatic heterocycles. The maximum atomic E-state index is 12.0. The fourth-order valence-electron chi connectivity index (χ4n) is 2.32. The normalized spacial score (nSPS) is 10.2. The van der Waals surface area contributed by atoms with Crippen LogP contribution in [-0.2, 0) is 9.53 Å². The van der Waals surface area contributed by atoms with Crippen LogP contribution >= 0.6 is 11.6 Å². The fraction of sp³-hybridized carbons (Fsp3) is 0.263. The Bertz CT molecular complexity index is 748. The second-order valence-electron chi connectivity index (χ2n) is 5.52. The summed E-state index contributed by atoms with van der Waals surface area (Å²) in [6, 6.07) is 10.2. The van der Waals surface area contributed by atoms with E-state index >= 15 is 0 Å². The molecule has 0 aliphatic carbocycles. The summed E-state index contributed by atoms with van der Waals surface area (Å²) in [5.74, 6) is -0.362. The Kier molecular flexibility index (Phi) is 6.42. The van der Waals surface area contributed by atoms with Crippen molar-refractivity contribution < 1.29 is 19.1 Å². The van der Waals surface area contributed by atoms with Crippen molar-refractivity contribution in [2.24, 2.45) is 0 Å². The van der Waals surface area contributed by atoms with Crippen molar-refractivity contribution in [2.45, 2.75) is 20.8 Å². The number of nitrogens with one attached hydrogen (secondary N) is 1. The molecule has 1 N–H and O–H groups in total. The van der Waals surface area contributed by atoms with E-state index in [2.05, 4.69) is 5.32 Å². The molecule has 0 saturated heterocycles. The maximum Gasteiger partial charge on any atom is 0.338 e. The van der Waals surface area contributed by atoms with Gasteiger partial charge in [0.1, 0.15) is 5.75 Å². The minimum atomic E-state index is -0.579. The lowest BCUT2D eigenvalue weighted by molar-refractivity contribution is -0.119. The zero-order chi connectivity index (χ0) is 18.4. The van der Waals surface area contributed by atoms with Crippen molar-refractivity contribution in [2.75, 3.05) is 18.5 Å². The monoisotopic (exact) mass is 361 g/mol. The molecule has 2 aromatic rings. The highest BCUT2D eigenvalue weighted by molar-refractivity contribution is 6.34. The molecule has 25 heavy (non-hydrogen) atoms. The molecule has 0 aliphatic rings. The van der Waals surface area contributed by atoms with Crippen molar-refractivity contribution in [3.05, 3.63) is 58.1 Å². The summed E-state index contributed by atoms with van der Waals surface area (Å²) >= 11 is 6.14. The highest BCUT2D eigenvalue weighted by Crippen LogP contribution is 2.27. The summed E-state index contributed by atoms with van der Waals surface area (Å²) in [7, 11) is 0. The number of carbonyl (C=O) groups is 2. The van der Waals surface area contributed by atoms with Crippen molar-refractivity contribution >= 4 is 29.2 Å². The maximum absolute atomic E-state index is 12.0. The molecule has 2 aromatic carbocycles. The van der Waals surface area contributed by atoms with Gasteiger partial charge in [-0.05, 0) is 62.2 Å². The van der Waals surface area contributed by atoms with Crippen LogP contribution in [0.25, 0.3) is 0 Å². The van der Waals surface area contributed by atoms with Gasteiger partial charge in [0.25, 0.3) is 5.91 Å². The number of hydrogen-bond donors (Lipinski definition) is 1. The van der Waals surface area contributed by atoms with Crippen molar-refractivity contribution in [3.63, 3.8) is 0 Å². The molecular weight excluding hydrogens is 342 g/mol. The molecule has 0 unspecified atom stereocenters. The average Bonchev–Trinajstić information content (AvgIpc) is 2.57. The summed E-state index contributed by atoms with van der Waals surface area (Å²) < 4.78 is 10.3. The Morgan fingerprint density at radius 3 is 2.40 bits per heavy atom. The van der Waals surface area contributed by atoms with Crippen LogP contribution in [-0.4, -0.2) is 25.1 Å². The first kappa shape index (κ1) is 18.8. The predicted octanol–water partition coefficient (Wildman–Crippen LogP) is 4.15. The zero-order valence-corrected chi connectivity index (χ0v) is 15.1. The van der Waals surface area contributed by atoms with Crippen molar-refractivity contribution in [1.29, 1.82) is 0 Å². The largest absolute Gasteiger partial charge is 0.494 e. The Morgan fingerprint density at radius 2 is 1.80 bits per heavy atom. The van der Waals surface area contributed by atoms with Crippen LogP contribution in [0, 0.1) is 13.8 Å². The van der Waals surface area contributed by atoms with E-state index in [-0.39, 0.29) is 0 Å². The average molecular weight is 362 g/mol. The molecule has 2 rings (SSSR count). The van der Waals surface area contributed by atoms with Gasteiger partial charge in [0.2, 0.25) is 0 Å². The van der Waals surface area contributed by atoms with Crippen LogP contribution in [0.5, 0.6) is 5.75 Å². The molecule has 5 nitrogen and oxygen atoms in total. The molecule has 0 fully saturated rings. The molecule has 0 heterocycles. The lowest BCUT2D eigenvalue weighted by Gasteiger charge is -2.12. The van der Waals surface area contributed by atoms with E-state index in [1.54, 1.807) is 30.3 Å². The van der Waals surface area contributed by atoms with E-state index in [1.165, 1.54) is 0 Å². The Morgan fingerprint density at radius 1 is 1.12 bits per heavy atom. The molecule has 0 atom stereocenters. The molecule has 0 bridgehead atoms. The van der Waals surface area contributed by atoms with Crippen LogP contribution in [0.4, 0.5) is 5.69 Å². The number of benzene rings is 2. The highest BCUT2D eigenvalue weighted by Gasteiger charge is 2.13. The predicted molar refractivity (Wildman–Crippen MR) is 97.4 cm³/mol. The van der Waals surface area contributed by atoms with Gasteiger partial charge < -0.3 is 14.8 Å². The Balaban J connectivity index is 1.92. The minimum Gasteiger partial charge on any atom is -0.494 e. The number of hydrogen-bond acceptors (Lipinski definition) is 4. The van der Waals surface area contributed by atoms with Gasteiger partial charge in [-0.3, -0.25) is 4.79 Å². The first-order valence-corrected chi connectivity index (χ1v) is 8.25. The number of amides is 1. The number of carbonyl (C=O) groups excluding carboxylic acids is 2. The van der Waals surface area contributed by atoms with Crippen LogP contribution < -0.4 is 10.1 Å². The van der Waals surface area contributed by atoms with E-state index in [0.717, 1.165) is 11.1 Å². The number of aryl methyl sites for hydroxylation is 2. The molecule has 0 saturated carbocycles. The molecule has 6 heteroatoms. The molecule has 0 spiro atoms. The van der Waals surface area contributed by atoms with E-state index in [1.807, 2.05) is 26.8 Å². The number of rotatable bonds is 6. The standard InChI is InChI=1S/C19H20ClNO4/c1-4-24-15-7-5-14(6-8-15)19(23)25-11-17(22)21-18-13(3)9-12(2)10-16(18)20/h5-10H,4,11H2,1-3H3,(H,21,22). The molecular formula is C19H20ClNO4. The van der Waals surface area contributed by atoms with Crippen molar-refractivity contribution in [1.82, 2.24) is 0 Å². The second-order valence-corrected chi connectivity index (χ2v) is 5.93. The van der Waals surface area contributed by atoms with E-state index < -0.39 is 18.5 Å². The van der Waals surface area contributed by atoms with Gasteiger partial charge in [0.05, 0.1) is 22.9 Å². The van der Waals surface area contributed by atoms with E-state index in [9.17, 15) is 9.59 Å². The van der Waals surface area contributed by atoms with Gasteiger partial charge >= 0.3 is 5.97 Å². The number of anilines is 1. The van der Waals surface area contributed by atoms with E-state index in [4.69, 9.17) is 21.1 Å². The van der Waals surface area contributed by atoms with Gasteiger partial charge in [-0.25, -0.2) is 4.79 Å². The molecule has 0 aromatic heterocycles. The second kappa shape index (κ2) is 8.53. The minimum absolute atomic E-state index is 0.348. The van der Waals surface area contributed by atoms with Gasteiger partial charge in [0.15, 0.2) is 6.61 Å². The lowest BCUT2D eigenvalue weighted by atomic mass is 10.1. The summed E-state index contributed by atoms with van der Waals surface area (Å²) in [6.07, 6.45) is 0. The lowest BCUT2D eigenvalue weighted by Crippen LogP contribution is -2.21. The SMILES string of the molecule is CCOc1ccc(C(=O)OCC(=O)Nc2c(C)cc(C)cc2Cl)cc1. The van der Waals surface area contributed by atoms with Gasteiger partial charge in [-0.1, -0.05) is 17.7 Å². The zero-order valence-electron chi connectivity index (χ0n) is 14.4. The van der Waals surface area contributed by atoms with Crippen LogP contribution in [0.15, 0.2) is 36.4 Å². The number of esters is 1. The van der Waals surface area contributed by atoms with Crippen molar-refractivity contribution in [3.8, 4) is 5.75 Å². The third kappa shape index (κ3) is 5.22. The van der Waals surface area contributed by atoms with Gasteiger partial charge in [-0.2, -0.15) is 0 Å². The number of halogens is 1. The van der Waals surface area contributed by atoms with Crippen LogP contribution in [0.2, 0.25) is 5.02 Å². The summed E-state index contributed by atoms with van der Waals surface area (Å²) in [5.41, 5.74) is 2.72. The van der Waals surface area contributed by atoms with E-state index in [0.29, 0.717) is 28.6 Å². The third-order valence-electron chi connectivity index (χ3n) is 3.43. The third-order valence-corrected chi connectivity index (χ3v) is 3.73. The first-order valence-electron chi connectivity index (χ1n) is 7.87. The summed E-state index contributed by atoms with van der Waals surface area (Å²) in [5, 5.41) is 3.12. The topological polar surface area (TPSA) is 64.6 Å².